The van der Waals surface area contributed by atoms with Crippen LogP contribution >= 0.6 is 0 Å². The van der Waals surface area contributed by atoms with Gasteiger partial charge in [0.15, 0.2) is 6.10 Å². The van der Waals surface area contributed by atoms with Crippen LogP contribution in [0.4, 0.5) is 5.69 Å². The number of nitro groups is 1. The Kier molecular flexibility index (Phi) is 7.08. The van der Waals surface area contributed by atoms with Crippen molar-refractivity contribution in [3.63, 3.8) is 0 Å². The topological polar surface area (TPSA) is 105 Å². The van der Waals surface area contributed by atoms with E-state index in [1.807, 2.05) is 13.8 Å². The lowest BCUT2D eigenvalue weighted by molar-refractivity contribution is -0.384. The fourth-order valence-corrected chi connectivity index (χ4v) is 2.11. The number of hydrogen-bond acceptors (Lipinski definition) is 7. The van der Waals surface area contributed by atoms with Gasteiger partial charge in [0, 0.05) is 12.1 Å². The molecular weight excluding hydrogens is 366 g/mol. The summed E-state index contributed by atoms with van der Waals surface area (Å²) >= 11 is 0. The molecule has 0 bridgehead atoms. The number of rotatable bonds is 8. The van der Waals surface area contributed by atoms with Gasteiger partial charge < -0.3 is 14.2 Å². The van der Waals surface area contributed by atoms with Crippen LogP contribution in [0.2, 0.25) is 0 Å². The summed E-state index contributed by atoms with van der Waals surface area (Å²) in [4.78, 5) is 34.3. The molecule has 0 aliphatic carbocycles. The lowest BCUT2D eigenvalue weighted by Gasteiger charge is -2.14. The van der Waals surface area contributed by atoms with Crippen molar-refractivity contribution in [2.45, 2.75) is 26.9 Å². The lowest BCUT2D eigenvalue weighted by atomic mass is 10.2. The number of ether oxygens (including phenoxy) is 3. The second-order valence-corrected chi connectivity index (χ2v) is 6.45. The number of nitro benzene ring substituents is 1. The normalized spacial score (nSPS) is 11.6. The first-order valence-corrected chi connectivity index (χ1v) is 8.66. The van der Waals surface area contributed by atoms with Crippen LogP contribution in [0.25, 0.3) is 0 Å². The van der Waals surface area contributed by atoms with Crippen LogP contribution in [0.15, 0.2) is 48.5 Å². The van der Waals surface area contributed by atoms with E-state index in [-0.39, 0.29) is 22.9 Å². The molecule has 0 radical (unpaired) electrons. The number of hydrogen-bond donors (Lipinski definition) is 0. The van der Waals surface area contributed by atoms with Gasteiger partial charge in [0.2, 0.25) is 0 Å². The Labute approximate surface area is 162 Å². The first-order chi connectivity index (χ1) is 13.3. The van der Waals surface area contributed by atoms with E-state index in [0.29, 0.717) is 12.4 Å². The molecule has 8 nitrogen and oxygen atoms in total. The summed E-state index contributed by atoms with van der Waals surface area (Å²) in [6, 6.07) is 11.4. The van der Waals surface area contributed by atoms with Crippen LogP contribution in [0, 0.1) is 16.0 Å². The average molecular weight is 387 g/mol. The maximum Gasteiger partial charge on any atom is 0.352 e. The fraction of sp³-hybridized carbons (Fsp3) is 0.300. The quantitative estimate of drug-likeness (QED) is 0.294. The molecule has 1 unspecified atom stereocenters. The summed E-state index contributed by atoms with van der Waals surface area (Å²) in [6.07, 6.45) is -0.960. The number of carbonyl (C=O) groups is 2. The molecule has 2 aromatic rings. The maximum absolute atomic E-state index is 12.2. The van der Waals surface area contributed by atoms with Crippen LogP contribution in [0.5, 0.6) is 11.5 Å². The van der Waals surface area contributed by atoms with Gasteiger partial charge in [0.05, 0.1) is 17.1 Å². The molecule has 2 rings (SSSR count). The smallest absolute Gasteiger partial charge is 0.352 e. The first kappa shape index (κ1) is 20.9. The van der Waals surface area contributed by atoms with Crippen LogP contribution in [0.1, 0.15) is 31.1 Å². The fourth-order valence-electron chi connectivity index (χ4n) is 2.11. The Hall–Kier alpha value is -3.42. The van der Waals surface area contributed by atoms with E-state index in [0.717, 1.165) is 0 Å². The zero-order valence-corrected chi connectivity index (χ0v) is 15.8. The van der Waals surface area contributed by atoms with Crippen LogP contribution in [-0.2, 0) is 9.53 Å². The van der Waals surface area contributed by atoms with Gasteiger partial charge in [0.1, 0.15) is 11.5 Å². The van der Waals surface area contributed by atoms with Crippen molar-refractivity contribution < 1.29 is 28.7 Å². The van der Waals surface area contributed by atoms with Crippen molar-refractivity contribution in [3.05, 3.63) is 64.2 Å². The molecule has 0 saturated carbocycles. The minimum absolute atomic E-state index is 0.0799. The van der Waals surface area contributed by atoms with Crippen molar-refractivity contribution in [3.8, 4) is 11.5 Å². The summed E-state index contributed by atoms with van der Waals surface area (Å²) in [7, 11) is 0. The maximum atomic E-state index is 12.2. The minimum atomic E-state index is -0.960. The number of nitrogens with zero attached hydrogens (tertiary/aromatic N) is 1. The highest BCUT2D eigenvalue weighted by Crippen LogP contribution is 2.20. The zero-order chi connectivity index (χ0) is 20.7. The van der Waals surface area contributed by atoms with Crippen molar-refractivity contribution in [1.82, 2.24) is 0 Å². The van der Waals surface area contributed by atoms with Gasteiger partial charge in [-0.25, -0.2) is 9.59 Å². The summed E-state index contributed by atoms with van der Waals surface area (Å²) in [5.74, 6) is -0.487. The molecule has 0 aliphatic heterocycles. The molecule has 148 valence electrons. The van der Waals surface area contributed by atoms with E-state index < -0.39 is 23.0 Å². The van der Waals surface area contributed by atoms with Gasteiger partial charge >= 0.3 is 11.9 Å². The number of benzene rings is 2. The molecule has 8 heteroatoms. The van der Waals surface area contributed by atoms with Gasteiger partial charge in [0.25, 0.3) is 5.69 Å². The van der Waals surface area contributed by atoms with E-state index >= 15 is 0 Å². The lowest BCUT2D eigenvalue weighted by Crippen LogP contribution is -2.28. The molecule has 0 heterocycles. The molecular formula is C20H21NO7. The molecule has 28 heavy (non-hydrogen) atoms. The summed E-state index contributed by atoms with van der Waals surface area (Å²) in [5.41, 5.74) is 0.193. The monoisotopic (exact) mass is 387 g/mol. The van der Waals surface area contributed by atoms with Gasteiger partial charge in [-0.3, -0.25) is 10.1 Å². The van der Waals surface area contributed by atoms with Gasteiger partial charge in [-0.15, -0.1) is 0 Å². The third kappa shape index (κ3) is 6.08. The molecule has 0 aromatic heterocycles. The SMILES string of the molecule is CC(C)COC(=O)c1cccc(OC(=O)C(C)Oc2ccc([N+](=O)[O-])cc2)c1. The Balaban J connectivity index is 1.96. The van der Waals surface area contributed by atoms with Crippen molar-refractivity contribution in [1.29, 1.82) is 0 Å². The number of non-ortho nitro benzene ring substituents is 1. The third-order valence-corrected chi connectivity index (χ3v) is 3.53. The van der Waals surface area contributed by atoms with Gasteiger partial charge in [-0.1, -0.05) is 19.9 Å². The molecule has 0 saturated heterocycles. The van der Waals surface area contributed by atoms with E-state index in [1.165, 1.54) is 43.3 Å². The second kappa shape index (κ2) is 9.50. The highest BCUT2D eigenvalue weighted by atomic mass is 16.6. The Morgan fingerprint density at radius 3 is 2.32 bits per heavy atom. The Morgan fingerprint density at radius 2 is 1.71 bits per heavy atom. The molecule has 0 amide bonds. The largest absolute Gasteiger partial charge is 0.479 e. The van der Waals surface area contributed by atoms with E-state index in [1.54, 1.807) is 12.1 Å². The Morgan fingerprint density at radius 1 is 1.04 bits per heavy atom. The highest BCUT2D eigenvalue weighted by molar-refractivity contribution is 5.90. The highest BCUT2D eigenvalue weighted by Gasteiger charge is 2.19. The molecule has 0 aliphatic rings. The summed E-state index contributed by atoms with van der Waals surface area (Å²) in [6.45, 7) is 5.64. The predicted octanol–water partition coefficient (Wildman–Crippen LogP) is 3.78. The number of esters is 2. The summed E-state index contributed by atoms with van der Waals surface area (Å²) in [5, 5.41) is 10.7. The predicted molar refractivity (Wildman–Crippen MR) is 100 cm³/mol. The van der Waals surface area contributed by atoms with Crippen LogP contribution in [-0.4, -0.2) is 29.6 Å². The third-order valence-electron chi connectivity index (χ3n) is 3.53. The van der Waals surface area contributed by atoms with E-state index in [4.69, 9.17) is 14.2 Å². The molecule has 0 N–H and O–H groups in total. The Bertz CT molecular complexity index is 846. The van der Waals surface area contributed by atoms with Crippen molar-refractivity contribution in [2.24, 2.45) is 5.92 Å². The minimum Gasteiger partial charge on any atom is -0.479 e. The molecule has 0 spiro atoms. The summed E-state index contributed by atoms with van der Waals surface area (Å²) < 4.78 is 15.8. The van der Waals surface area contributed by atoms with E-state index in [9.17, 15) is 19.7 Å². The molecule has 1 atom stereocenters. The second-order valence-electron chi connectivity index (χ2n) is 6.45. The average Bonchev–Trinajstić information content (AvgIpc) is 2.66. The van der Waals surface area contributed by atoms with Gasteiger partial charge in [-0.05, 0) is 43.2 Å². The van der Waals surface area contributed by atoms with Crippen molar-refractivity contribution in [2.75, 3.05) is 6.61 Å². The van der Waals surface area contributed by atoms with Crippen LogP contribution in [0.3, 0.4) is 0 Å². The molecule has 0 fully saturated rings. The van der Waals surface area contributed by atoms with E-state index in [2.05, 4.69) is 0 Å². The first-order valence-electron chi connectivity index (χ1n) is 8.66. The zero-order valence-electron chi connectivity index (χ0n) is 15.8. The number of carbonyl (C=O) groups excluding carboxylic acids is 2. The van der Waals surface area contributed by atoms with Crippen molar-refractivity contribution >= 4 is 17.6 Å². The standard InChI is InChI=1S/C20H21NO7/c1-13(2)12-26-20(23)15-5-4-6-18(11-15)28-19(22)14(3)27-17-9-7-16(8-10-17)21(24)25/h4-11,13-14H,12H2,1-3H3. The van der Waals surface area contributed by atoms with Gasteiger partial charge in [-0.2, -0.15) is 0 Å². The molecule has 2 aromatic carbocycles. The van der Waals surface area contributed by atoms with Crippen LogP contribution < -0.4 is 9.47 Å².